The highest BCUT2D eigenvalue weighted by Crippen LogP contribution is 2.39. The Kier molecular flexibility index (Phi) is 5.79. The van der Waals surface area contributed by atoms with E-state index in [0.717, 1.165) is 5.46 Å². The van der Waals surface area contributed by atoms with E-state index in [2.05, 4.69) is 143 Å². The summed E-state index contributed by atoms with van der Waals surface area (Å²) in [6.07, 6.45) is 0. The molecule has 37 heavy (non-hydrogen) atoms. The molecule has 1 aliphatic heterocycles. The van der Waals surface area contributed by atoms with Crippen molar-refractivity contribution in [1.29, 1.82) is 0 Å². The number of rotatable bonds is 4. The average molecular weight is 482 g/mol. The number of hydrogen-bond donors (Lipinski definition) is 0. The van der Waals surface area contributed by atoms with Crippen molar-refractivity contribution in [3.05, 3.63) is 115 Å². The van der Waals surface area contributed by atoms with Crippen LogP contribution in [0.3, 0.4) is 0 Å². The number of benzene rings is 5. The van der Waals surface area contributed by atoms with E-state index in [9.17, 15) is 0 Å². The largest absolute Gasteiger partial charge is 0.494 e. The predicted molar refractivity (Wildman–Crippen MR) is 156 cm³/mol. The third-order valence-electron chi connectivity index (χ3n) is 7.93. The molecule has 1 fully saturated rings. The van der Waals surface area contributed by atoms with Crippen molar-refractivity contribution in [3.8, 4) is 33.4 Å². The van der Waals surface area contributed by atoms with Crippen LogP contribution >= 0.6 is 0 Å². The lowest BCUT2D eigenvalue weighted by Crippen LogP contribution is -2.41. The van der Waals surface area contributed by atoms with Gasteiger partial charge in [-0.15, -0.1) is 0 Å². The summed E-state index contributed by atoms with van der Waals surface area (Å²) in [5.41, 5.74) is 7.71. The molecule has 0 bridgehead atoms. The van der Waals surface area contributed by atoms with Crippen LogP contribution in [0.5, 0.6) is 0 Å². The first kappa shape index (κ1) is 23.7. The lowest BCUT2D eigenvalue weighted by Gasteiger charge is -2.32. The summed E-state index contributed by atoms with van der Waals surface area (Å²) in [6.45, 7) is 8.36. The van der Waals surface area contributed by atoms with Gasteiger partial charge in [0.05, 0.1) is 11.2 Å². The monoisotopic (exact) mass is 482 g/mol. The first-order chi connectivity index (χ1) is 17.8. The van der Waals surface area contributed by atoms with Crippen LogP contribution in [0.25, 0.3) is 44.2 Å². The Morgan fingerprint density at radius 3 is 1.57 bits per heavy atom. The van der Waals surface area contributed by atoms with E-state index in [1.807, 2.05) is 0 Å². The van der Waals surface area contributed by atoms with E-state index >= 15 is 0 Å². The van der Waals surface area contributed by atoms with Gasteiger partial charge in [0.1, 0.15) is 0 Å². The van der Waals surface area contributed by atoms with E-state index < -0.39 is 0 Å². The lowest BCUT2D eigenvalue weighted by molar-refractivity contribution is 0.00578. The van der Waals surface area contributed by atoms with Gasteiger partial charge in [-0.25, -0.2) is 0 Å². The van der Waals surface area contributed by atoms with Gasteiger partial charge in [0.2, 0.25) is 0 Å². The summed E-state index contributed by atoms with van der Waals surface area (Å²) in [5, 5.41) is 2.38. The second kappa shape index (κ2) is 9.02. The maximum absolute atomic E-state index is 6.28. The van der Waals surface area contributed by atoms with E-state index in [1.165, 1.54) is 44.2 Å². The minimum absolute atomic E-state index is 0.351. The molecule has 5 aromatic carbocycles. The van der Waals surface area contributed by atoms with Crippen molar-refractivity contribution in [2.45, 2.75) is 38.9 Å². The molecule has 182 valence electrons. The molecule has 0 spiro atoms. The number of hydrogen-bond acceptors (Lipinski definition) is 2. The summed E-state index contributed by atoms with van der Waals surface area (Å²) < 4.78 is 12.6. The molecule has 6 rings (SSSR count). The van der Waals surface area contributed by atoms with E-state index in [4.69, 9.17) is 9.31 Å². The fourth-order valence-electron chi connectivity index (χ4n) is 5.11. The minimum atomic E-state index is -0.357. The predicted octanol–water partition coefficient (Wildman–Crippen LogP) is 8.14. The van der Waals surface area contributed by atoms with Crippen LogP contribution < -0.4 is 5.46 Å². The van der Waals surface area contributed by atoms with Gasteiger partial charge in [-0.3, -0.25) is 0 Å². The molecule has 0 atom stereocenters. The molecule has 0 unspecified atom stereocenters. The quantitative estimate of drug-likeness (QED) is 0.241. The molecule has 5 aromatic rings. The maximum atomic E-state index is 6.28. The molecular formula is C34H31BO2. The highest BCUT2D eigenvalue weighted by molar-refractivity contribution is 6.62. The standard InChI is InChI=1S/C34H31BO2/c1-33(2)34(3,4)37-35(36-33)28-21-20-25-22-27(19-18-26(25)23-28)30-15-9-11-17-32(30)31-16-10-8-14-29(31)24-12-6-5-7-13-24/h5-23H,1-4H3. The van der Waals surface area contributed by atoms with E-state index in [0.29, 0.717) is 0 Å². The van der Waals surface area contributed by atoms with Gasteiger partial charge in [-0.1, -0.05) is 109 Å². The molecule has 1 saturated heterocycles. The van der Waals surface area contributed by atoms with E-state index in [1.54, 1.807) is 0 Å². The fraction of sp³-hybridized carbons (Fsp3) is 0.176. The van der Waals surface area contributed by atoms with Crippen molar-refractivity contribution >= 4 is 23.4 Å². The van der Waals surface area contributed by atoms with Crippen LogP contribution in [-0.2, 0) is 9.31 Å². The topological polar surface area (TPSA) is 18.5 Å². The first-order valence-corrected chi connectivity index (χ1v) is 13.0. The lowest BCUT2D eigenvalue weighted by atomic mass is 9.78. The first-order valence-electron chi connectivity index (χ1n) is 13.0. The Hall–Kier alpha value is -3.66. The van der Waals surface area contributed by atoms with Gasteiger partial charge in [-0.2, -0.15) is 0 Å². The molecule has 0 aliphatic carbocycles. The summed E-state index contributed by atoms with van der Waals surface area (Å²) >= 11 is 0. The molecule has 2 nitrogen and oxygen atoms in total. The SMILES string of the molecule is CC1(C)OB(c2ccc3cc(-c4ccccc4-c4ccccc4-c4ccccc4)ccc3c2)OC1(C)C. The second-order valence-electron chi connectivity index (χ2n) is 10.9. The highest BCUT2D eigenvalue weighted by Gasteiger charge is 2.51. The maximum Gasteiger partial charge on any atom is 0.494 e. The smallest absolute Gasteiger partial charge is 0.399 e. The molecule has 0 N–H and O–H groups in total. The third kappa shape index (κ3) is 4.29. The molecule has 0 saturated carbocycles. The van der Waals surface area contributed by atoms with Crippen molar-refractivity contribution in [2.75, 3.05) is 0 Å². The number of fused-ring (bicyclic) bond motifs is 1. The average Bonchev–Trinajstić information content (AvgIpc) is 3.15. The molecule has 0 aromatic heterocycles. The summed E-state index contributed by atoms with van der Waals surface area (Å²) in [4.78, 5) is 0. The van der Waals surface area contributed by atoms with Gasteiger partial charge >= 0.3 is 7.12 Å². The van der Waals surface area contributed by atoms with Gasteiger partial charge < -0.3 is 9.31 Å². The Bertz CT molecular complexity index is 1570. The van der Waals surface area contributed by atoms with Crippen LogP contribution in [0, 0.1) is 0 Å². The summed E-state index contributed by atoms with van der Waals surface area (Å²) in [5.74, 6) is 0. The molecular weight excluding hydrogens is 451 g/mol. The molecule has 0 radical (unpaired) electrons. The van der Waals surface area contributed by atoms with Crippen molar-refractivity contribution in [2.24, 2.45) is 0 Å². The molecule has 1 heterocycles. The molecule has 3 heteroatoms. The third-order valence-corrected chi connectivity index (χ3v) is 7.93. The summed E-state index contributed by atoms with van der Waals surface area (Å²) in [7, 11) is -0.357. The van der Waals surface area contributed by atoms with Crippen LogP contribution in [0.2, 0.25) is 0 Å². The van der Waals surface area contributed by atoms with Gasteiger partial charge in [0.25, 0.3) is 0 Å². The van der Waals surface area contributed by atoms with Crippen molar-refractivity contribution < 1.29 is 9.31 Å². The van der Waals surface area contributed by atoms with Gasteiger partial charge in [-0.05, 0) is 83.4 Å². The minimum Gasteiger partial charge on any atom is -0.399 e. The van der Waals surface area contributed by atoms with Crippen LogP contribution in [0.1, 0.15) is 27.7 Å². The Morgan fingerprint density at radius 2 is 0.946 bits per heavy atom. The van der Waals surface area contributed by atoms with Gasteiger partial charge in [0, 0.05) is 0 Å². The Labute approximate surface area is 220 Å². The normalized spacial score (nSPS) is 16.3. The summed E-state index contributed by atoms with van der Waals surface area (Å²) in [6, 6.07) is 41.2. The zero-order chi connectivity index (χ0) is 25.6. The second-order valence-corrected chi connectivity index (χ2v) is 10.9. The van der Waals surface area contributed by atoms with Crippen molar-refractivity contribution in [1.82, 2.24) is 0 Å². The zero-order valence-electron chi connectivity index (χ0n) is 21.9. The van der Waals surface area contributed by atoms with Crippen LogP contribution in [-0.4, -0.2) is 18.3 Å². The molecule has 1 aliphatic rings. The van der Waals surface area contributed by atoms with E-state index in [-0.39, 0.29) is 18.3 Å². The zero-order valence-corrected chi connectivity index (χ0v) is 21.9. The molecule has 0 amide bonds. The fourth-order valence-corrected chi connectivity index (χ4v) is 5.11. The van der Waals surface area contributed by atoms with Crippen LogP contribution in [0.4, 0.5) is 0 Å². The van der Waals surface area contributed by atoms with Crippen LogP contribution in [0.15, 0.2) is 115 Å². The Morgan fingerprint density at radius 1 is 0.459 bits per heavy atom. The van der Waals surface area contributed by atoms with Gasteiger partial charge in [0.15, 0.2) is 0 Å². The highest BCUT2D eigenvalue weighted by atomic mass is 16.7. The Balaban J connectivity index is 1.39. The van der Waals surface area contributed by atoms with Crippen molar-refractivity contribution in [3.63, 3.8) is 0 Å².